The average Bonchev–Trinajstić information content (AvgIpc) is 3.86. The van der Waals surface area contributed by atoms with E-state index in [-0.39, 0.29) is 61.3 Å². The van der Waals surface area contributed by atoms with Gasteiger partial charge < -0.3 is 9.80 Å². The quantitative estimate of drug-likeness (QED) is 0.347. The van der Waals surface area contributed by atoms with E-state index in [2.05, 4.69) is 0 Å². The number of likely N-dealkylation sites (tertiary alicyclic amines) is 1. The molecular formula is C32H37F6N3O4S. The van der Waals surface area contributed by atoms with Crippen molar-refractivity contribution in [2.24, 2.45) is 11.8 Å². The monoisotopic (exact) mass is 673 g/mol. The van der Waals surface area contributed by atoms with Crippen LogP contribution in [-0.2, 0) is 38.5 Å². The van der Waals surface area contributed by atoms with E-state index in [4.69, 9.17) is 0 Å². The first kappa shape index (κ1) is 34.2. The van der Waals surface area contributed by atoms with E-state index in [1.54, 1.807) is 4.90 Å². The van der Waals surface area contributed by atoms with E-state index in [0.29, 0.717) is 37.8 Å². The van der Waals surface area contributed by atoms with Crippen molar-refractivity contribution in [1.29, 1.82) is 0 Å². The van der Waals surface area contributed by atoms with Gasteiger partial charge >= 0.3 is 12.4 Å². The molecule has 2 saturated heterocycles. The maximum atomic E-state index is 13.8. The molecule has 0 bridgehead atoms. The van der Waals surface area contributed by atoms with Crippen LogP contribution in [0.3, 0.4) is 0 Å². The summed E-state index contributed by atoms with van der Waals surface area (Å²) in [4.78, 5) is 30.4. The number of carbonyl (C=O) groups is 2. The Morgan fingerprint density at radius 3 is 2.00 bits per heavy atom. The molecule has 0 N–H and O–H groups in total. The highest BCUT2D eigenvalue weighted by molar-refractivity contribution is 7.90. The summed E-state index contributed by atoms with van der Waals surface area (Å²) in [6, 6.07) is 8.69. The number of benzene rings is 2. The third-order valence-corrected chi connectivity index (χ3v) is 11.8. The SMILES string of the molecule is Cc1ccccc1C1CN(C(=O)C2CCN(S(=O)(=O)C3CC3)CC2)CCC1C(=O)N(C)Cc1cc(C(F)(F)F)cc(C(F)(F)F)c1. The van der Waals surface area contributed by atoms with Crippen molar-refractivity contribution >= 4 is 21.8 Å². The van der Waals surface area contributed by atoms with E-state index >= 15 is 0 Å². The van der Waals surface area contributed by atoms with Crippen LogP contribution in [0.15, 0.2) is 42.5 Å². The lowest BCUT2D eigenvalue weighted by Crippen LogP contribution is -2.51. The van der Waals surface area contributed by atoms with Crippen molar-refractivity contribution in [3.05, 3.63) is 70.3 Å². The van der Waals surface area contributed by atoms with Gasteiger partial charge in [-0.15, -0.1) is 0 Å². The van der Waals surface area contributed by atoms with Gasteiger partial charge in [0.25, 0.3) is 0 Å². The minimum Gasteiger partial charge on any atom is -0.342 e. The van der Waals surface area contributed by atoms with Crippen molar-refractivity contribution in [3.8, 4) is 0 Å². The van der Waals surface area contributed by atoms with Gasteiger partial charge in [0.1, 0.15) is 0 Å². The Balaban J connectivity index is 1.32. The number of hydrogen-bond acceptors (Lipinski definition) is 4. The van der Waals surface area contributed by atoms with Gasteiger partial charge in [0, 0.05) is 57.5 Å². The zero-order valence-electron chi connectivity index (χ0n) is 25.6. The number of halogens is 6. The Labute approximate surface area is 264 Å². The van der Waals surface area contributed by atoms with Gasteiger partial charge in [0.05, 0.1) is 16.4 Å². The molecule has 2 aromatic rings. The van der Waals surface area contributed by atoms with Crippen LogP contribution in [0, 0.1) is 18.8 Å². The summed E-state index contributed by atoms with van der Waals surface area (Å²) in [5.74, 6) is -2.04. The molecule has 2 unspecified atom stereocenters. The molecule has 2 amide bonds. The smallest absolute Gasteiger partial charge is 0.342 e. The first-order valence-electron chi connectivity index (χ1n) is 15.3. The summed E-state index contributed by atoms with van der Waals surface area (Å²) in [5.41, 5.74) is -1.48. The number of alkyl halides is 6. The van der Waals surface area contributed by atoms with Crippen molar-refractivity contribution < 1.29 is 44.3 Å². The van der Waals surface area contributed by atoms with Crippen LogP contribution in [0.4, 0.5) is 26.3 Å². The predicted octanol–water partition coefficient (Wildman–Crippen LogP) is 5.83. The highest BCUT2D eigenvalue weighted by Gasteiger charge is 2.44. The van der Waals surface area contributed by atoms with Crippen LogP contribution in [-0.4, -0.2) is 72.8 Å². The maximum Gasteiger partial charge on any atom is 0.416 e. The second kappa shape index (κ2) is 12.8. The molecule has 5 rings (SSSR count). The highest BCUT2D eigenvalue weighted by Crippen LogP contribution is 2.39. The topological polar surface area (TPSA) is 78.0 Å². The van der Waals surface area contributed by atoms with Crippen LogP contribution in [0.25, 0.3) is 0 Å². The van der Waals surface area contributed by atoms with E-state index < -0.39 is 57.8 Å². The number of aryl methyl sites for hydroxylation is 1. The third-order valence-electron chi connectivity index (χ3n) is 9.38. The summed E-state index contributed by atoms with van der Waals surface area (Å²) in [7, 11) is -1.97. The number of nitrogens with zero attached hydrogens (tertiary/aromatic N) is 3. The van der Waals surface area contributed by atoms with Gasteiger partial charge in [0.2, 0.25) is 21.8 Å². The lowest BCUT2D eigenvalue weighted by atomic mass is 9.78. The second-order valence-corrected chi connectivity index (χ2v) is 14.9. The molecule has 252 valence electrons. The molecule has 1 saturated carbocycles. The standard InChI is InChI=1S/C32H37F6N3O4S/c1-20-5-3-4-6-26(20)28-19-40(29(42)22-9-13-41(14-10-22)46(44,45)25-7-8-25)12-11-27(28)30(43)39(2)18-21-15-23(31(33,34)35)17-24(16-21)32(36,37)38/h3-6,15-17,22,25,27-28H,7-14,18-19H2,1-2H3. The van der Waals surface area contributed by atoms with Gasteiger partial charge in [-0.25, -0.2) is 12.7 Å². The Morgan fingerprint density at radius 2 is 1.46 bits per heavy atom. The Bertz CT molecular complexity index is 1530. The molecule has 3 aliphatic rings. The molecule has 2 heterocycles. The average molecular weight is 674 g/mol. The molecule has 1 aliphatic carbocycles. The van der Waals surface area contributed by atoms with Crippen molar-refractivity contribution in [1.82, 2.24) is 14.1 Å². The number of sulfonamides is 1. The normalized spacial score (nSPS) is 22.1. The minimum absolute atomic E-state index is 0.0577. The lowest BCUT2D eigenvalue weighted by Gasteiger charge is -2.42. The molecule has 0 radical (unpaired) electrons. The van der Waals surface area contributed by atoms with Crippen LogP contribution in [0.1, 0.15) is 65.8 Å². The van der Waals surface area contributed by atoms with E-state index in [9.17, 15) is 44.3 Å². The molecule has 0 spiro atoms. The fourth-order valence-corrected chi connectivity index (χ4v) is 8.58. The van der Waals surface area contributed by atoms with E-state index in [0.717, 1.165) is 16.0 Å². The van der Waals surface area contributed by atoms with Crippen molar-refractivity contribution in [3.63, 3.8) is 0 Å². The molecule has 2 atom stereocenters. The fraction of sp³-hybridized carbons (Fsp3) is 0.562. The largest absolute Gasteiger partial charge is 0.416 e. The Kier molecular flexibility index (Phi) is 9.53. The molecule has 0 aromatic heterocycles. The molecular weight excluding hydrogens is 636 g/mol. The summed E-state index contributed by atoms with van der Waals surface area (Å²) >= 11 is 0. The number of carbonyl (C=O) groups excluding carboxylic acids is 2. The zero-order chi connectivity index (χ0) is 33.6. The summed E-state index contributed by atoms with van der Waals surface area (Å²) in [6.07, 6.45) is -7.63. The Hall–Kier alpha value is -3.13. The molecule has 46 heavy (non-hydrogen) atoms. The number of piperidine rings is 2. The van der Waals surface area contributed by atoms with E-state index in [1.807, 2.05) is 31.2 Å². The molecule has 7 nitrogen and oxygen atoms in total. The van der Waals surface area contributed by atoms with Gasteiger partial charge in [-0.1, -0.05) is 24.3 Å². The summed E-state index contributed by atoms with van der Waals surface area (Å²) in [5, 5.41) is -0.315. The molecule has 3 fully saturated rings. The third kappa shape index (κ3) is 7.37. The van der Waals surface area contributed by atoms with Gasteiger partial charge in [-0.2, -0.15) is 26.3 Å². The first-order chi connectivity index (χ1) is 21.5. The number of hydrogen-bond donors (Lipinski definition) is 0. The second-order valence-electron chi connectivity index (χ2n) is 12.7. The zero-order valence-corrected chi connectivity index (χ0v) is 26.4. The minimum atomic E-state index is -5.00. The highest BCUT2D eigenvalue weighted by atomic mass is 32.2. The Morgan fingerprint density at radius 1 is 0.870 bits per heavy atom. The van der Waals surface area contributed by atoms with Gasteiger partial charge in [0.15, 0.2) is 0 Å². The predicted molar refractivity (Wildman–Crippen MR) is 158 cm³/mol. The summed E-state index contributed by atoms with van der Waals surface area (Å²) < 4.78 is 107. The van der Waals surface area contributed by atoms with Crippen LogP contribution in [0.2, 0.25) is 0 Å². The van der Waals surface area contributed by atoms with Crippen LogP contribution >= 0.6 is 0 Å². The van der Waals surface area contributed by atoms with Gasteiger partial charge in [-0.3, -0.25) is 9.59 Å². The number of rotatable bonds is 7. The first-order valence-corrected chi connectivity index (χ1v) is 16.8. The van der Waals surface area contributed by atoms with Gasteiger partial charge in [-0.05, 0) is 73.9 Å². The van der Waals surface area contributed by atoms with Crippen molar-refractivity contribution in [2.45, 2.75) is 69.1 Å². The molecule has 2 aliphatic heterocycles. The van der Waals surface area contributed by atoms with E-state index in [1.165, 1.54) is 11.4 Å². The fourth-order valence-electron chi connectivity index (χ4n) is 6.70. The number of amides is 2. The molecule has 2 aromatic carbocycles. The van der Waals surface area contributed by atoms with Crippen LogP contribution in [0.5, 0.6) is 0 Å². The lowest BCUT2D eigenvalue weighted by molar-refractivity contribution is -0.144. The maximum absolute atomic E-state index is 13.8. The summed E-state index contributed by atoms with van der Waals surface area (Å²) in [6.45, 7) is 2.42. The van der Waals surface area contributed by atoms with Crippen LogP contribution < -0.4 is 0 Å². The molecule has 14 heteroatoms. The van der Waals surface area contributed by atoms with Crippen molar-refractivity contribution in [2.75, 3.05) is 33.2 Å².